The van der Waals surface area contributed by atoms with Crippen LogP contribution in [0.15, 0.2) is 36.5 Å². The molecule has 0 fully saturated rings. The average molecular weight is 345 g/mol. The lowest BCUT2D eigenvalue weighted by Gasteiger charge is -2.13. The van der Waals surface area contributed by atoms with Crippen LogP contribution < -0.4 is 14.8 Å². The SMILES string of the molecule is CC(NC(=O)c1cc(Cl)c2c(c1)OCO2)c1nnc2ccccn12. The van der Waals surface area contributed by atoms with Gasteiger partial charge in [-0.15, -0.1) is 10.2 Å². The molecule has 7 nitrogen and oxygen atoms in total. The zero-order valence-corrected chi connectivity index (χ0v) is 13.4. The molecular weight excluding hydrogens is 332 g/mol. The Balaban J connectivity index is 1.59. The summed E-state index contributed by atoms with van der Waals surface area (Å²) < 4.78 is 12.4. The van der Waals surface area contributed by atoms with Gasteiger partial charge < -0.3 is 14.8 Å². The minimum atomic E-state index is -0.334. The molecule has 0 saturated heterocycles. The van der Waals surface area contributed by atoms with Gasteiger partial charge in [0.05, 0.1) is 11.1 Å². The van der Waals surface area contributed by atoms with Crippen LogP contribution in [0.4, 0.5) is 0 Å². The summed E-state index contributed by atoms with van der Waals surface area (Å²) in [6.45, 7) is 1.94. The van der Waals surface area contributed by atoms with E-state index in [1.165, 1.54) is 0 Å². The zero-order chi connectivity index (χ0) is 16.7. The largest absolute Gasteiger partial charge is 0.454 e. The molecule has 4 rings (SSSR count). The average Bonchev–Trinajstić information content (AvgIpc) is 3.21. The number of hydrogen-bond acceptors (Lipinski definition) is 5. The molecule has 1 atom stereocenters. The van der Waals surface area contributed by atoms with E-state index in [2.05, 4.69) is 15.5 Å². The van der Waals surface area contributed by atoms with Gasteiger partial charge in [-0.25, -0.2) is 0 Å². The molecule has 1 N–H and O–H groups in total. The molecule has 2 aromatic heterocycles. The highest BCUT2D eigenvalue weighted by Gasteiger charge is 2.22. The quantitative estimate of drug-likeness (QED) is 0.790. The van der Waals surface area contributed by atoms with Gasteiger partial charge in [0.15, 0.2) is 23.0 Å². The van der Waals surface area contributed by atoms with Crippen molar-refractivity contribution in [1.29, 1.82) is 0 Å². The Labute approximate surface area is 142 Å². The van der Waals surface area contributed by atoms with Crippen molar-refractivity contribution in [2.24, 2.45) is 0 Å². The fraction of sp³-hybridized carbons (Fsp3) is 0.188. The minimum Gasteiger partial charge on any atom is -0.454 e. The Bertz CT molecular complexity index is 940. The molecule has 1 aromatic carbocycles. The molecule has 3 aromatic rings. The van der Waals surface area contributed by atoms with E-state index < -0.39 is 0 Å². The first-order valence-corrected chi connectivity index (χ1v) is 7.71. The van der Waals surface area contributed by atoms with Gasteiger partial charge in [-0.05, 0) is 31.2 Å². The number of hydrogen-bond donors (Lipinski definition) is 1. The summed E-state index contributed by atoms with van der Waals surface area (Å²) in [5.74, 6) is 1.29. The second kappa shape index (κ2) is 5.68. The Kier molecular flexibility index (Phi) is 3.50. The Morgan fingerprint density at radius 1 is 1.33 bits per heavy atom. The highest BCUT2D eigenvalue weighted by atomic mass is 35.5. The second-order valence-electron chi connectivity index (χ2n) is 5.37. The van der Waals surface area contributed by atoms with Crippen molar-refractivity contribution >= 4 is 23.2 Å². The van der Waals surface area contributed by atoms with Gasteiger partial charge in [0, 0.05) is 11.8 Å². The first kappa shape index (κ1) is 14.8. The summed E-state index contributed by atoms with van der Waals surface area (Å²) in [6.07, 6.45) is 1.85. The third kappa shape index (κ3) is 2.43. The number of aromatic nitrogens is 3. The van der Waals surface area contributed by atoms with Crippen LogP contribution in [-0.2, 0) is 0 Å². The number of halogens is 1. The lowest BCUT2D eigenvalue weighted by Crippen LogP contribution is -2.28. The van der Waals surface area contributed by atoms with E-state index in [-0.39, 0.29) is 18.7 Å². The van der Waals surface area contributed by atoms with Crippen LogP contribution in [0.25, 0.3) is 5.65 Å². The first-order valence-electron chi connectivity index (χ1n) is 7.33. The zero-order valence-electron chi connectivity index (χ0n) is 12.7. The summed E-state index contributed by atoms with van der Waals surface area (Å²) >= 11 is 6.12. The van der Waals surface area contributed by atoms with Gasteiger partial charge in [-0.3, -0.25) is 9.20 Å². The standard InChI is InChI=1S/C16H13ClN4O3/c1-9(15-20-19-13-4-2-3-5-21(13)15)18-16(22)10-6-11(17)14-12(7-10)23-8-24-14/h2-7,9H,8H2,1H3,(H,18,22). The summed E-state index contributed by atoms with van der Waals surface area (Å²) in [6, 6.07) is 8.44. The Hall–Kier alpha value is -2.80. The van der Waals surface area contributed by atoms with Gasteiger partial charge in [0.1, 0.15) is 0 Å². The molecule has 8 heteroatoms. The number of amides is 1. The first-order chi connectivity index (χ1) is 11.6. The molecule has 0 bridgehead atoms. The van der Waals surface area contributed by atoms with Crippen molar-refractivity contribution in [1.82, 2.24) is 19.9 Å². The molecule has 0 radical (unpaired) electrons. The van der Waals surface area contributed by atoms with Crippen molar-refractivity contribution in [3.63, 3.8) is 0 Å². The predicted molar refractivity (Wildman–Crippen MR) is 86.4 cm³/mol. The molecule has 1 aliphatic heterocycles. The maximum Gasteiger partial charge on any atom is 0.252 e. The number of nitrogens with one attached hydrogen (secondary N) is 1. The van der Waals surface area contributed by atoms with Gasteiger partial charge >= 0.3 is 0 Å². The molecule has 24 heavy (non-hydrogen) atoms. The molecule has 1 unspecified atom stereocenters. The lowest BCUT2D eigenvalue weighted by atomic mass is 10.1. The van der Waals surface area contributed by atoms with E-state index in [1.807, 2.05) is 35.7 Å². The molecule has 1 amide bonds. The molecular formula is C16H13ClN4O3. The number of carbonyl (C=O) groups excluding carboxylic acids is 1. The number of pyridine rings is 1. The third-order valence-electron chi connectivity index (χ3n) is 3.76. The lowest BCUT2D eigenvalue weighted by molar-refractivity contribution is 0.0937. The molecule has 0 aliphatic carbocycles. The van der Waals surface area contributed by atoms with Crippen LogP contribution >= 0.6 is 11.6 Å². The van der Waals surface area contributed by atoms with Crippen molar-refractivity contribution in [2.45, 2.75) is 13.0 Å². The van der Waals surface area contributed by atoms with E-state index in [9.17, 15) is 4.79 Å². The van der Waals surface area contributed by atoms with Gasteiger partial charge in [-0.1, -0.05) is 17.7 Å². The van der Waals surface area contributed by atoms with E-state index in [1.54, 1.807) is 12.1 Å². The van der Waals surface area contributed by atoms with Gasteiger partial charge in [0.25, 0.3) is 5.91 Å². The maximum absolute atomic E-state index is 12.5. The van der Waals surface area contributed by atoms with Crippen LogP contribution in [0.1, 0.15) is 29.1 Å². The smallest absolute Gasteiger partial charge is 0.252 e. The third-order valence-corrected chi connectivity index (χ3v) is 4.05. The second-order valence-corrected chi connectivity index (χ2v) is 5.78. The number of rotatable bonds is 3. The fourth-order valence-electron chi connectivity index (χ4n) is 2.60. The molecule has 0 spiro atoms. The van der Waals surface area contributed by atoms with Crippen LogP contribution in [0.2, 0.25) is 5.02 Å². The van der Waals surface area contributed by atoms with Crippen LogP contribution in [0, 0.1) is 0 Å². The van der Waals surface area contributed by atoms with E-state index in [4.69, 9.17) is 21.1 Å². The summed E-state index contributed by atoms with van der Waals surface area (Å²) in [5, 5.41) is 11.5. The number of fused-ring (bicyclic) bond motifs is 2. The van der Waals surface area contributed by atoms with Crippen molar-refractivity contribution in [2.75, 3.05) is 6.79 Å². The van der Waals surface area contributed by atoms with Crippen LogP contribution in [0.5, 0.6) is 11.5 Å². The van der Waals surface area contributed by atoms with E-state index in [0.717, 1.165) is 5.65 Å². The topological polar surface area (TPSA) is 77.8 Å². The highest BCUT2D eigenvalue weighted by molar-refractivity contribution is 6.32. The van der Waals surface area contributed by atoms with Crippen molar-refractivity contribution in [3.05, 3.63) is 52.9 Å². The Morgan fingerprint density at radius 3 is 3.08 bits per heavy atom. The summed E-state index contributed by atoms with van der Waals surface area (Å²) in [4.78, 5) is 12.5. The number of benzene rings is 1. The number of carbonyl (C=O) groups is 1. The monoisotopic (exact) mass is 344 g/mol. The Morgan fingerprint density at radius 2 is 2.21 bits per heavy atom. The van der Waals surface area contributed by atoms with Crippen LogP contribution in [-0.4, -0.2) is 27.3 Å². The van der Waals surface area contributed by atoms with Crippen LogP contribution in [0.3, 0.4) is 0 Å². The van der Waals surface area contributed by atoms with Crippen molar-refractivity contribution < 1.29 is 14.3 Å². The van der Waals surface area contributed by atoms with Crippen molar-refractivity contribution in [3.8, 4) is 11.5 Å². The minimum absolute atomic E-state index is 0.0995. The normalized spacial score (nSPS) is 13.9. The van der Waals surface area contributed by atoms with Gasteiger partial charge in [-0.2, -0.15) is 0 Å². The number of ether oxygens (including phenoxy) is 2. The summed E-state index contributed by atoms with van der Waals surface area (Å²) in [7, 11) is 0. The fourth-order valence-corrected chi connectivity index (χ4v) is 2.86. The molecule has 0 saturated carbocycles. The molecule has 3 heterocycles. The maximum atomic E-state index is 12.5. The number of nitrogens with zero attached hydrogens (tertiary/aromatic N) is 3. The summed E-state index contributed by atoms with van der Waals surface area (Å²) in [5.41, 5.74) is 1.12. The van der Waals surface area contributed by atoms with E-state index >= 15 is 0 Å². The highest BCUT2D eigenvalue weighted by Crippen LogP contribution is 2.39. The van der Waals surface area contributed by atoms with Gasteiger partial charge in [0.2, 0.25) is 6.79 Å². The molecule has 1 aliphatic rings. The molecule has 122 valence electrons. The van der Waals surface area contributed by atoms with E-state index in [0.29, 0.717) is 27.9 Å². The predicted octanol–water partition coefficient (Wildman–Crippen LogP) is 2.60.